The molecule has 1 rings (SSSR count). The van der Waals surface area contributed by atoms with Crippen LogP contribution >= 0.6 is 0 Å². The molecule has 0 heterocycles. The molecular formula is C16H28N2O. The summed E-state index contributed by atoms with van der Waals surface area (Å²) in [6.45, 7) is 9.10. The Morgan fingerprint density at radius 3 is 2.58 bits per heavy atom. The van der Waals surface area contributed by atoms with Crippen LogP contribution in [-0.2, 0) is 6.54 Å². The summed E-state index contributed by atoms with van der Waals surface area (Å²) >= 11 is 0. The maximum absolute atomic E-state index is 5.71. The molecule has 0 saturated heterocycles. The van der Waals surface area contributed by atoms with Crippen molar-refractivity contribution in [2.75, 3.05) is 27.2 Å². The number of benzene rings is 1. The van der Waals surface area contributed by atoms with Crippen molar-refractivity contribution in [3.63, 3.8) is 0 Å². The van der Waals surface area contributed by atoms with Gasteiger partial charge in [0, 0.05) is 18.2 Å². The van der Waals surface area contributed by atoms with E-state index in [1.807, 2.05) is 6.92 Å². The van der Waals surface area contributed by atoms with Crippen LogP contribution < -0.4 is 10.1 Å². The Morgan fingerprint density at radius 2 is 2.00 bits per heavy atom. The third-order valence-electron chi connectivity index (χ3n) is 3.07. The summed E-state index contributed by atoms with van der Waals surface area (Å²) in [6.07, 6.45) is 1.16. The highest BCUT2D eigenvalue weighted by Gasteiger charge is 2.10. The lowest BCUT2D eigenvalue weighted by Crippen LogP contribution is -2.20. The zero-order valence-electron chi connectivity index (χ0n) is 13.0. The van der Waals surface area contributed by atoms with Crippen molar-refractivity contribution < 1.29 is 4.74 Å². The van der Waals surface area contributed by atoms with Crippen LogP contribution in [0.1, 0.15) is 44.4 Å². The molecule has 0 aliphatic heterocycles. The fraction of sp³-hybridized carbons (Fsp3) is 0.625. The van der Waals surface area contributed by atoms with Crippen LogP contribution in [0, 0.1) is 0 Å². The zero-order valence-corrected chi connectivity index (χ0v) is 13.0. The molecule has 108 valence electrons. The first-order valence-corrected chi connectivity index (χ1v) is 7.22. The minimum absolute atomic E-state index is 0.386. The van der Waals surface area contributed by atoms with Gasteiger partial charge in [0.1, 0.15) is 5.75 Å². The van der Waals surface area contributed by atoms with Gasteiger partial charge < -0.3 is 15.0 Å². The standard InChI is InChI=1S/C16H28N2O/c1-6-10-17-13(3)14-8-9-16(19-7-2)15(11-14)12-18(4)5/h8-9,11,13,17H,6-7,10,12H2,1-5H3. The first kappa shape index (κ1) is 16.0. The molecular weight excluding hydrogens is 236 g/mol. The number of ether oxygens (including phenoxy) is 1. The van der Waals surface area contributed by atoms with Crippen LogP contribution in [0.25, 0.3) is 0 Å². The molecule has 0 aromatic heterocycles. The SMILES string of the molecule is CCCNC(C)c1ccc(OCC)c(CN(C)C)c1. The van der Waals surface area contributed by atoms with E-state index in [0.29, 0.717) is 12.6 Å². The van der Waals surface area contributed by atoms with Crippen molar-refractivity contribution in [1.82, 2.24) is 10.2 Å². The van der Waals surface area contributed by atoms with E-state index in [2.05, 4.69) is 56.4 Å². The van der Waals surface area contributed by atoms with E-state index in [1.165, 1.54) is 11.1 Å². The average Bonchev–Trinajstić information content (AvgIpc) is 2.37. The Morgan fingerprint density at radius 1 is 1.26 bits per heavy atom. The van der Waals surface area contributed by atoms with Gasteiger partial charge >= 0.3 is 0 Å². The first-order valence-electron chi connectivity index (χ1n) is 7.22. The fourth-order valence-electron chi connectivity index (χ4n) is 2.11. The third-order valence-corrected chi connectivity index (χ3v) is 3.07. The maximum Gasteiger partial charge on any atom is 0.123 e. The number of rotatable bonds is 8. The first-order chi connectivity index (χ1) is 9.08. The second-order valence-corrected chi connectivity index (χ2v) is 5.21. The maximum atomic E-state index is 5.71. The minimum atomic E-state index is 0.386. The van der Waals surface area contributed by atoms with E-state index in [4.69, 9.17) is 4.74 Å². The quantitative estimate of drug-likeness (QED) is 0.780. The Kier molecular flexibility index (Phi) is 6.89. The fourth-order valence-corrected chi connectivity index (χ4v) is 2.11. The lowest BCUT2D eigenvalue weighted by molar-refractivity contribution is 0.324. The van der Waals surface area contributed by atoms with Gasteiger partial charge in [0.15, 0.2) is 0 Å². The second-order valence-electron chi connectivity index (χ2n) is 5.21. The number of hydrogen-bond donors (Lipinski definition) is 1. The van der Waals surface area contributed by atoms with Crippen LogP contribution in [0.3, 0.4) is 0 Å². The molecule has 1 N–H and O–H groups in total. The minimum Gasteiger partial charge on any atom is -0.494 e. The van der Waals surface area contributed by atoms with Crippen molar-refractivity contribution in [1.29, 1.82) is 0 Å². The van der Waals surface area contributed by atoms with Gasteiger partial charge in [-0.15, -0.1) is 0 Å². The van der Waals surface area contributed by atoms with Gasteiger partial charge in [-0.05, 0) is 58.6 Å². The molecule has 1 aromatic rings. The van der Waals surface area contributed by atoms with Crippen molar-refractivity contribution in [2.24, 2.45) is 0 Å². The molecule has 0 amide bonds. The lowest BCUT2D eigenvalue weighted by atomic mass is 10.0. The van der Waals surface area contributed by atoms with Gasteiger partial charge in [0.05, 0.1) is 6.61 Å². The summed E-state index contributed by atoms with van der Waals surface area (Å²) in [6, 6.07) is 6.91. The van der Waals surface area contributed by atoms with Crippen molar-refractivity contribution >= 4 is 0 Å². The summed E-state index contributed by atoms with van der Waals surface area (Å²) < 4.78 is 5.71. The van der Waals surface area contributed by atoms with E-state index in [0.717, 1.165) is 25.3 Å². The van der Waals surface area contributed by atoms with Gasteiger partial charge in [0.2, 0.25) is 0 Å². The summed E-state index contributed by atoms with van der Waals surface area (Å²) in [5.74, 6) is 1.00. The largest absolute Gasteiger partial charge is 0.494 e. The summed E-state index contributed by atoms with van der Waals surface area (Å²) in [5.41, 5.74) is 2.59. The molecule has 0 aliphatic rings. The topological polar surface area (TPSA) is 24.5 Å². The number of hydrogen-bond acceptors (Lipinski definition) is 3. The van der Waals surface area contributed by atoms with Gasteiger partial charge in [-0.2, -0.15) is 0 Å². The van der Waals surface area contributed by atoms with Crippen LogP contribution in [-0.4, -0.2) is 32.1 Å². The van der Waals surface area contributed by atoms with E-state index < -0.39 is 0 Å². The molecule has 0 aliphatic carbocycles. The molecule has 19 heavy (non-hydrogen) atoms. The zero-order chi connectivity index (χ0) is 14.3. The van der Waals surface area contributed by atoms with Crippen LogP contribution in [0.15, 0.2) is 18.2 Å². The summed E-state index contributed by atoms with van der Waals surface area (Å²) in [5, 5.41) is 3.53. The third kappa shape index (κ3) is 5.21. The molecule has 3 heteroatoms. The van der Waals surface area contributed by atoms with Gasteiger partial charge in [-0.1, -0.05) is 13.0 Å². The molecule has 0 bridgehead atoms. The highest BCUT2D eigenvalue weighted by atomic mass is 16.5. The van der Waals surface area contributed by atoms with Crippen LogP contribution in [0.2, 0.25) is 0 Å². The molecule has 3 nitrogen and oxygen atoms in total. The molecule has 0 saturated carbocycles. The van der Waals surface area contributed by atoms with Crippen LogP contribution in [0.5, 0.6) is 5.75 Å². The highest BCUT2D eigenvalue weighted by molar-refractivity contribution is 5.38. The molecule has 0 fully saturated rings. The monoisotopic (exact) mass is 264 g/mol. The molecule has 0 radical (unpaired) electrons. The predicted octanol–water partition coefficient (Wildman–Crippen LogP) is 3.21. The van der Waals surface area contributed by atoms with Crippen molar-refractivity contribution in [3.8, 4) is 5.75 Å². The van der Waals surface area contributed by atoms with Gasteiger partial charge in [-0.3, -0.25) is 0 Å². The number of nitrogens with zero attached hydrogens (tertiary/aromatic N) is 1. The Hall–Kier alpha value is -1.06. The van der Waals surface area contributed by atoms with Crippen molar-refractivity contribution in [2.45, 2.75) is 39.8 Å². The van der Waals surface area contributed by atoms with E-state index in [1.54, 1.807) is 0 Å². The summed E-state index contributed by atoms with van der Waals surface area (Å²) in [4.78, 5) is 2.17. The van der Waals surface area contributed by atoms with E-state index >= 15 is 0 Å². The van der Waals surface area contributed by atoms with Gasteiger partial charge in [0.25, 0.3) is 0 Å². The molecule has 1 atom stereocenters. The predicted molar refractivity (Wildman–Crippen MR) is 81.7 cm³/mol. The average molecular weight is 264 g/mol. The Bertz CT molecular complexity index is 377. The summed E-state index contributed by atoms with van der Waals surface area (Å²) in [7, 11) is 4.17. The van der Waals surface area contributed by atoms with E-state index in [9.17, 15) is 0 Å². The smallest absolute Gasteiger partial charge is 0.123 e. The Labute approximate surface area is 118 Å². The highest BCUT2D eigenvalue weighted by Crippen LogP contribution is 2.24. The lowest BCUT2D eigenvalue weighted by Gasteiger charge is -2.19. The van der Waals surface area contributed by atoms with Crippen LogP contribution in [0.4, 0.5) is 0 Å². The van der Waals surface area contributed by atoms with Gasteiger partial charge in [-0.25, -0.2) is 0 Å². The van der Waals surface area contributed by atoms with E-state index in [-0.39, 0.29) is 0 Å². The molecule has 1 unspecified atom stereocenters. The number of nitrogens with one attached hydrogen (secondary N) is 1. The Balaban J connectivity index is 2.89. The second kappa shape index (κ2) is 8.18. The molecule has 1 aromatic carbocycles. The normalized spacial score (nSPS) is 12.7. The molecule has 0 spiro atoms. The van der Waals surface area contributed by atoms with Crippen molar-refractivity contribution in [3.05, 3.63) is 29.3 Å².